The SMILES string of the molecule is CCOc1c([N+]#N)ccc(N2CCOCC2)c1OCC. The molecule has 0 amide bonds. The summed E-state index contributed by atoms with van der Waals surface area (Å²) in [5.74, 6) is 1.12. The fourth-order valence-corrected chi connectivity index (χ4v) is 2.24. The van der Waals surface area contributed by atoms with Crippen molar-refractivity contribution in [1.82, 2.24) is 0 Å². The van der Waals surface area contributed by atoms with Crippen molar-refractivity contribution in [3.8, 4) is 11.5 Å². The summed E-state index contributed by atoms with van der Waals surface area (Å²) >= 11 is 0. The second-order valence-electron chi connectivity index (χ2n) is 4.33. The van der Waals surface area contributed by atoms with Gasteiger partial charge in [-0.2, -0.15) is 0 Å². The predicted molar refractivity (Wildman–Crippen MR) is 76.6 cm³/mol. The number of ether oxygens (including phenoxy) is 3. The molecule has 108 valence electrons. The Bertz CT molecular complexity index is 493. The van der Waals surface area contributed by atoms with Gasteiger partial charge in [0.1, 0.15) is 0 Å². The number of hydrogen-bond acceptors (Lipinski definition) is 5. The Balaban J connectivity index is 2.44. The van der Waals surface area contributed by atoms with Gasteiger partial charge in [-0.25, -0.2) is 0 Å². The highest BCUT2D eigenvalue weighted by atomic mass is 16.5. The van der Waals surface area contributed by atoms with Gasteiger partial charge in [-0.05, 0) is 19.9 Å². The molecule has 20 heavy (non-hydrogen) atoms. The largest absolute Gasteiger partial charge is 0.488 e. The first-order valence-electron chi connectivity index (χ1n) is 6.92. The fourth-order valence-electron chi connectivity index (χ4n) is 2.24. The summed E-state index contributed by atoms with van der Waals surface area (Å²) < 4.78 is 16.7. The van der Waals surface area contributed by atoms with Crippen molar-refractivity contribution in [2.45, 2.75) is 13.8 Å². The third kappa shape index (κ3) is 2.94. The van der Waals surface area contributed by atoms with E-state index >= 15 is 0 Å². The number of nitrogens with zero attached hydrogens (tertiary/aromatic N) is 3. The van der Waals surface area contributed by atoms with E-state index in [4.69, 9.17) is 19.6 Å². The molecule has 0 atom stereocenters. The van der Waals surface area contributed by atoms with Gasteiger partial charge >= 0.3 is 5.69 Å². The molecule has 0 aliphatic carbocycles. The van der Waals surface area contributed by atoms with Crippen LogP contribution in [0, 0.1) is 5.39 Å². The van der Waals surface area contributed by atoms with Crippen molar-refractivity contribution < 1.29 is 14.2 Å². The highest BCUT2D eigenvalue weighted by Gasteiger charge is 2.27. The predicted octanol–water partition coefficient (Wildman–Crippen LogP) is 2.81. The quantitative estimate of drug-likeness (QED) is 0.775. The lowest BCUT2D eigenvalue weighted by atomic mass is 10.2. The van der Waals surface area contributed by atoms with E-state index in [0.29, 0.717) is 43.6 Å². The van der Waals surface area contributed by atoms with E-state index in [9.17, 15) is 0 Å². The third-order valence-corrected chi connectivity index (χ3v) is 3.11. The topological polar surface area (TPSA) is 59.1 Å². The highest BCUT2D eigenvalue weighted by molar-refractivity contribution is 5.75. The van der Waals surface area contributed by atoms with Gasteiger partial charge in [0.15, 0.2) is 10.7 Å². The maximum absolute atomic E-state index is 9.09. The van der Waals surface area contributed by atoms with Crippen LogP contribution in [0.4, 0.5) is 11.4 Å². The molecule has 2 rings (SSSR count). The van der Waals surface area contributed by atoms with E-state index in [1.807, 2.05) is 19.9 Å². The molecular formula is C14H20N3O3+. The summed E-state index contributed by atoms with van der Waals surface area (Å²) in [4.78, 5) is 5.46. The van der Waals surface area contributed by atoms with Crippen molar-refractivity contribution >= 4 is 11.4 Å². The lowest BCUT2D eigenvalue weighted by molar-refractivity contribution is 0.122. The second kappa shape index (κ2) is 6.96. The average Bonchev–Trinajstić information content (AvgIpc) is 2.50. The Morgan fingerprint density at radius 2 is 1.80 bits per heavy atom. The number of rotatable bonds is 5. The molecule has 0 unspecified atom stereocenters. The molecule has 6 nitrogen and oxygen atoms in total. The van der Waals surface area contributed by atoms with Crippen molar-refractivity contribution in [1.29, 1.82) is 5.39 Å². The van der Waals surface area contributed by atoms with Crippen molar-refractivity contribution in [3.63, 3.8) is 0 Å². The minimum absolute atomic E-state index is 0.382. The number of diazo groups is 1. The zero-order valence-electron chi connectivity index (χ0n) is 12.0. The number of anilines is 1. The molecule has 1 aliphatic rings. The molecule has 0 N–H and O–H groups in total. The summed E-state index contributed by atoms with van der Waals surface area (Å²) in [6.45, 7) is 7.81. The molecule has 1 saturated heterocycles. The van der Waals surface area contributed by atoms with Crippen LogP contribution < -0.4 is 14.4 Å². The van der Waals surface area contributed by atoms with Crippen LogP contribution in [0.3, 0.4) is 0 Å². The first kappa shape index (κ1) is 14.4. The van der Waals surface area contributed by atoms with E-state index in [2.05, 4.69) is 9.88 Å². The molecule has 1 fully saturated rings. The van der Waals surface area contributed by atoms with Gasteiger partial charge < -0.3 is 19.1 Å². The van der Waals surface area contributed by atoms with Crippen molar-refractivity contribution in [3.05, 3.63) is 17.1 Å². The van der Waals surface area contributed by atoms with Crippen LogP contribution in [0.1, 0.15) is 13.8 Å². The van der Waals surface area contributed by atoms with Crippen molar-refractivity contribution in [2.24, 2.45) is 0 Å². The van der Waals surface area contributed by atoms with Gasteiger partial charge in [0, 0.05) is 19.2 Å². The molecule has 1 heterocycles. The number of benzene rings is 1. The molecule has 0 spiro atoms. The van der Waals surface area contributed by atoms with Crippen LogP contribution in [0.15, 0.2) is 12.1 Å². The molecule has 1 aliphatic heterocycles. The normalized spacial score (nSPS) is 14.8. The Morgan fingerprint density at radius 3 is 2.40 bits per heavy atom. The van der Waals surface area contributed by atoms with Gasteiger partial charge in [-0.1, -0.05) is 0 Å². The van der Waals surface area contributed by atoms with Gasteiger partial charge in [0.25, 0.3) is 5.75 Å². The van der Waals surface area contributed by atoms with E-state index in [0.717, 1.165) is 18.8 Å². The fraction of sp³-hybridized carbons (Fsp3) is 0.571. The maximum atomic E-state index is 9.09. The summed E-state index contributed by atoms with van der Waals surface area (Å²) in [5, 5.41) is 9.09. The van der Waals surface area contributed by atoms with E-state index in [1.54, 1.807) is 6.07 Å². The molecular weight excluding hydrogens is 258 g/mol. The molecule has 1 aromatic carbocycles. The molecule has 0 saturated carbocycles. The van der Waals surface area contributed by atoms with Crippen LogP contribution in [-0.2, 0) is 4.74 Å². The molecule has 0 radical (unpaired) electrons. The molecule has 0 aromatic heterocycles. The molecule has 6 heteroatoms. The number of morpholine rings is 1. The minimum Gasteiger partial charge on any atom is -0.488 e. The highest BCUT2D eigenvalue weighted by Crippen LogP contribution is 2.45. The van der Waals surface area contributed by atoms with Crippen LogP contribution in [0.25, 0.3) is 4.98 Å². The van der Waals surface area contributed by atoms with Gasteiger partial charge in [-0.15, -0.1) is 0 Å². The smallest absolute Gasteiger partial charge is 0.430 e. The summed E-state index contributed by atoms with van der Waals surface area (Å²) in [7, 11) is 0. The zero-order valence-corrected chi connectivity index (χ0v) is 12.0. The summed E-state index contributed by atoms with van der Waals surface area (Å²) in [5.41, 5.74) is 1.33. The van der Waals surface area contributed by atoms with Crippen LogP contribution in [0.2, 0.25) is 0 Å². The first-order chi connectivity index (χ1) is 9.81. The first-order valence-corrected chi connectivity index (χ1v) is 6.92. The average molecular weight is 278 g/mol. The standard InChI is InChI=1S/C14H20N3O3/c1-3-19-13-11(16-15)5-6-12(14(13)20-4-2)17-7-9-18-10-8-17/h5-6H,3-4,7-10H2,1-2H3/q+1. The van der Waals surface area contributed by atoms with Gasteiger partial charge in [0.05, 0.1) is 32.1 Å². The summed E-state index contributed by atoms with van der Waals surface area (Å²) in [6, 6.07) is 3.63. The number of hydrogen-bond donors (Lipinski definition) is 0. The van der Waals surface area contributed by atoms with E-state index in [1.165, 1.54) is 0 Å². The lowest BCUT2D eigenvalue weighted by Crippen LogP contribution is -2.36. The van der Waals surface area contributed by atoms with Crippen LogP contribution >= 0.6 is 0 Å². The molecule has 1 aromatic rings. The second-order valence-corrected chi connectivity index (χ2v) is 4.33. The minimum atomic E-state index is 0.382. The Morgan fingerprint density at radius 1 is 1.15 bits per heavy atom. The Hall–Kier alpha value is -2.00. The lowest BCUT2D eigenvalue weighted by Gasteiger charge is -2.30. The van der Waals surface area contributed by atoms with Crippen molar-refractivity contribution in [2.75, 3.05) is 44.4 Å². The van der Waals surface area contributed by atoms with E-state index < -0.39 is 0 Å². The zero-order chi connectivity index (χ0) is 14.4. The Labute approximate surface area is 118 Å². The van der Waals surface area contributed by atoms with E-state index in [-0.39, 0.29) is 0 Å². The summed E-state index contributed by atoms with van der Waals surface area (Å²) in [6.07, 6.45) is 0. The maximum Gasteiger partial charge on any atom is 0.430 e. The van der Waals surface area contributed by atoms with Crippen LogP contribution in [0.5, 0.6) is 11.5 Å². The monoisotopic (exact) mass is 278 g/mol. The van der Waals surface area contributed by atoms with Gasteiger partial charge in [0.2, 0.25) is 5.39 Å². The molecule has 0 bridgehead atoms. The van der Waals surface area contributed by atoms with Gasteiger partial charge in [-0.3, -0.25) is 0 Å². The third-order valence-electron chi connectivity index (χ3n) is 3.11. The van der Waals surface area contributed by atoms with Crippen LogP contribution in [-0.4, -0.2) is 39.5 Å². The Kier molecular flexibility index (Phi) is 5.02.